The van der Waals surface area contributed by atoms with Crippen LogP contribution in [0.25, 0.3) is 39.1 Å². The van der Waals surface area contributed by atoms with E-state index < -0.39 is 11.9 Å². The number of aliphatic hydroxyl groups excluding tert-OH is 1. The number of aliphatic hydroxyl groups is 1. The van der Waals surface area contributed by atoms with Crippen LogP contribution in [0, 0.1) is 5.82 Å². The molecule has 0 spiro atoms. The average Bonchev–Trinajstić information content (AvgIpc) is 1.66. The van der Waals surface area contributed by atoms with Gasteiger partial charge in [0, 0.05) is 129 Å². The van der Waals surface area contributed by atoms with E-state index in [0.29, 0.717) is 44.5 Å². The lowest BCUT2D eigenvalue weighted by atomic mass is 10.1. The molecular formula is C83H67Br5Cl5FN6O9S5. The summed E-state index contributed by atoms with van der Waals surface area (Å²) in [5.41, 5.74) is 30.5. The van der Waals surface area contributed by atoms with Gasteiger partial charge in [0.2, 0.25) is 0 Å². The molecule has 0 amide bonds. The van der Waals surface area contributed by atoms with Crippen LogP contribution in [0.5, 0.6) is 0 Å². The number of halogens is 11. The number of methoxy groups -OCH3 is 3. The molecule has 0 radical (unpaired) electrons. The number of nitrogens with zero attached hydrogens (tertiary/aromatic N) is 6. The van der Waals surface area contributed by atoms with Crippen LogP contribution in [-0.4, -0.2) is 70.1 Å². The van der Waals surface area contributed by atoms with E-state index in [-0.39, 0.29) is 30.6 Å². The van der Waals surface area contributed by atoms with Crippen LogP contribution in [0.3, 0.4) is 0 Å². The highest BCUT2D eigenvalue weighted by atomic mass is 79.9. The Morgan fingerprint density at radius 2 is 0.877 bits per heavy atom. The molecule has 10 aromatic carbocycles. The Balaban J connectivity index is 0.000000214. The lowest BCUT2D eigenvalue weighted by Crippen LogP contribution is -2.03. The van der Waals surface area contributed by atoms with Crippen molar-refractivity contribution < 1.29 is 47.7 Å². The van der Waals surface area contributed by atoms with E-state index in [1.54, 1.807) is 35.3 Å². The first-order chi connectivity index (χ1) is 54.8. The van der Waals surface area contributed by atoms with Gasteiger partial charge in [0.25, 0.3) is 0 Å². The molecule has 0 unspecified atom stereocenters. The minimum absolute atomic E-state index is 0.104. The molecule has 0 fully saturated rings. The van der Waals surface area contributed by atoms with E-state index in [2.05, 4.69) is 164 Å². The fourth-order valence-corrected chi connectivity index (χ4v) is 17.3. The van der Waals surface area contributed by atoms with Crippen molar-refractivity contribution in [3.05, 3.63) is 358 Å². The molecule has 0 saturated carbocycles. The summed E-state index contributed by atoms with van der Waals surface area (Å²) in [7, 11) is 3.87. The van der Waals surface area contributed by atoms with Crippen LogP contribution >= 0.6 is 197 Å². The Hall–Kier alpha value is -6.72. The van der Waals surface area contributed by atoms with Crippen molar-refractivity contribution in [1.29, 1.82) is 0 Å². The standard InChI is InChI=1S/C18H14BrClO2S.C17H13BrClN3O2S.C17H14BrClOS.C14H10BrClOS.C7H4BrFO.C7H7ClS.C3H5N3O2/c1-22-18(21)13-6-12-7-15(9-17(19)16(12)8-13)23-10-11-2-4-14(20)5-3-11;1-24-17(23)16(21-22-20)8-12-4-7-14(9-15(12)18)25-10-11-2-5-13(19)6-3-11;18-17-8-15(7-13-5-12(9-20)6-16(13)17)21-10-11-1-3-14(19)4-2-11;15-14-7-13(6-3-11(14)8-17)18-9-10-1-4-12(16)5-2-10;8-7-3-6(9)2-1-5(7)4-10;8-7-3-1-6(5-9)2-4-7;1-8-3(7)2-5-6-4/h2-5,7-9H,6,10H2,1H3;2-9H,10H2,1H3;1-4,6-8,20H,5,9-10H2;1-8H,9H2;1-4H;1-4,9H,5H2;2H2,1H3/b;16-8-;;;;;. The Bertz CT molecular complexity index is 5150. The minimum atomic E-state index is -0.689. The van der Waals surface area contributed by atoms with E-state index in [4.69, 9.17) is 73.8 Å². The summed E-state index contributed by atoms with van der Waals surface area (Å²) in [5.74, 6) is 2.43. The second kappa shape index (κ2) is 52.2. The molecule has 0 saturated heterocycles. The molecule has 0 bridgehead atoms. The summed E-state index contributed by atoms with van der Waals surface area (Å²) in [4.78, 5) is 63.8. The van der Waals surface area contributed by atoms with Crippen molar-refractivity contribution in [1.82, 2.24) is 0 Å². The highest BCUT2D eigenvalue weighted by Crippen LogP contribution is 2.39. The molecule has 12 rings (SSSR count). The van der Waals surface area contributed by atoms with Gasteiger partial charge in [-0.1, -0.05) is 205 Å². The third kappa shape index (κ3) is 34.1. The number of esters is 3. The predicted molar refractivity (Wildman–Crippen MR) is 487 cm³/mol. The maximum atomic E-state index is 12.3. The van der Waals surface area contributed by atoms with Gasteiger partial charge in [-0.05, 0) is 240 Å². The zero-order valence-electron chi connectivity index (χ0n) is 60.4. The number of thiol groups is 1. The van der Waals surface area contributed by atoms with Crippen molar-refractivity contribution >= 4 is 246 Å². The minimum Gasteiger partial charge on any atom is -0.469 e. The Morgan fingerprint density at radius 3 is 1.25 bits per heavy atom. The quantitative estimate of drug-likeness (QED) is 0.00741. The van der Waals surface area contributed by atoms with Crippen LogP contribution in [-0.2, 0) is 70.2 Å². The zero-order chi connectivity index (χ0) is 83.1. The molecule has 0 heterocycles. The molecule has 15 nitrogen and oxygen atoms in total. The molecule has 114 heavy (non-hydrogen) atoms. The van der Waals surface area contributed by atoms with Gasteiger partial charge in [0.05, 0.1) is 27.9 Å². The van der Waals surface area contributed by atoms with Gasteiger partial charge in [-0.3, -0.25) is 14.4 Å². The molecule has 10 aromatic rings. The van der Waals surface area contributed by atoms with E-state index in [1.165, 1.54) is 94.3 Å². The number of hydrogen-bond acceptors (Lipinski definition) is 16. The number of rotatable bonds is 22. The second-order valence-corrected chi connectivity index (χ2v) is 34.3. The predicted octanol–water partition coefficient (Wildman–Crippen LogP) is 27.9. The highest BCUT2D eigenvalue weighted by Gasteiger charge is 2.22. The topological polar surface area (TPSA) is 231 Å². The zero-order valence-corrected chi connectivity index (χ0v) is 76.3. The molecule has 2 aliphatic rings. The van der Waals surface area contributed by atoms with Crippen molar-refractivity contribution in [2.24, 2.45) is 10.2 Å². The number of carbonyl (C=O) groups is 5. The number of fused-ring (bicyclic) bond motifs is 2. The monoisotopic (exact) mass is 2040 g/mol. The van der Waals surface area contributed by atoms with Gasteiger partial charge < -0.3 is 19.3 Å². The van der Waals surface area contributed by atoms with Crippen LogP contribution in [0.1, 0.15) is 76.4 Å². The second-order valence-electron chi connectivity index (χ2n) is 23.3. The molecule has 31 heteroatoms. The van der Waals surface area contributed by atoms with Gasteiger partial charge in [-0.2, -0.15) is 12.6 Å². The first kappa shape index (κ1) is 96.1. The Morgan fingerprint density at radius 1 is 0.491 bits per heavy atom. The van der Waals surface area contributed by atoms with Crippen LogP contribution < -0.4 is 0 Å². The summed E-state index contributed by atoms with van der Waals surface area (Å²) in [6.45, 7) is -0.0959. The Kier molecular flexibility index (Phi) is 44.0. The smallest absolute Gasteiger partial charge is 0.340 e. The van der Waals surface area contributed by atoms with Crippen LogP contribution in [0.4, 0.5) is 4.39 Å². The summed E-state index contributed by atoms with van der Waals surface area (Å²) in [5, 5.41) is 19.4. The summed E-state index contributed by atoms with van der Waals surface area (Å²) < 4.78 is 30.1. The van der Waals surface area contributed by atoms with Crippen LogP contribution in [0.2, 0.25) is 25.1 Å². The number of azide groups is 2. The van der Waals surface area contributed by atoms with Gasteiger partial charge in [-0.25, -0.2) is 14.0 Å². The third-order valence-electron chi connectivity index (χ3n) is 15.4. The summed E-state index contributed by atoms with van der Waals surface area (Å²) in [6.07, 6.45) is 8.44. The summed E-state index contributed by atoms with van der Waals surface area (Å²) >= 11 is 57.4. The molecule has 1 N–H and O–H groups in total. The number of thioether (sulfide) groups is 4. The number of carbonyl (C=O) groups excluding carboxylic acids is 5. The highest BCUT2D eigenvalue weighted by molar-refractivity contribution is 9.11. The fraction of sp³-hybridized carbons (Fsp3) is 0.145. The van der Waals surface area contributed by atoms with Crippen molar-refractivity contribution in [3.63, 3.8) is 0 Å². The first-order valence-corrected chi connectivity index (χ1v) is 43.7. The number of ether oxygens (including phenoxy) is 3. The molecule has 0 atom stereocenters. The summed E-state index contributed by atoms with van der Waals surface area (Å²) in [6, 6.07) is 63.0. The van der Waals surface area contributed by atoms with Crippen molar-refractivity contribution in [3.8, 4) is 0 Å². The van der Waals surface area contributed by atoms with Gasteiger partial charge in [-0.15, -0.1) is 47.0 Å². The molecule has 0 aliphatic heterocycles. The fourth-order valence-electron chi connectivity index (χ4n) is 9.54. The van der Waals surface area contributed by atoms with E-state index in [9.17, 15) is 33.5 Å². The Labute approximate surface area is 749 Å². The normalized spacial score (nSPS) is 11.1. The van der Waals surface area contributed by atoms with Crippen LogP contribution in [0.15, 0.2) is 269 Å². The van der Waals surface area contributed by atoms with Gasteiger partial charge >= 0.3 is 17.9 Å². The number of hydrogen-bond donors (Lipinski definition) is 2. The lowest BCUT2D eigenvalue weighted by molar-refractivity contribution is -0.139. The van der Waals surface area contributed by atoms with Crippen molar-refractivity contribution in [2.45, 2.75) is 61.2 Å². The molecule has 0 aromatic heterocycles. The number of aldehydes is 2. The molecular weight excluding hydrogens is 1980 g/mol. The average molecular weight is 2050 g/mol. The maximum absolute atomic E-state index is 12.3. The third-order valence-corrected chi connectivity index (χ3v) is 24.6. The van der Waals surface area contributed by atoms with Gasteiger partial charge in [0.15, 0.2) is 12.6 Å². The van der Waals surface area contributed by atoms with E-state index >= 15 is 0 Å². The van der Waals surface area contributed by atoms with E-state index in [1.807, 2.05) is 163 Å². The molecule has 2 aliphatic carbocycles. The molecule has 590 valence electrons. The largest absolute Gasteiger partial charge is 0.469 e. The van der Waals surface area contributed by atoms with E-state index in [0.717, 1.165) is 106 Å². The lowest BCUT2D eigenvalue weighted by Gasteiger charge is -2.07. The van der Waals surface area contributed by atoms with Gasteiger partial charge in [0.1, 0.15) is 18.1 Å². The maximum Gasteiger partial charge on any atom is 0.340 e. The first-order valence-electron chi connectivity index (χ1n) is 33.3. The number of benzene rings is 10. The van der Waals surface area contributed by atoms with Crippen molar-refractivity contribution in [2.75, 3.05) is 34.5 Å². The SMILES string of the molecule is COC(=O)/C(=C/c1ccc(SCc2ccc(Cl)cc2)cc1Br)N=[N+]=[N-].COC(=O)C1=Cc2c(Br)cc(SCc3ccc(Cl)cc3)cc2C1.COC(=O)CN=[N+]=[N-].O=Cc1ccc(F)cc1Br.O=Cc1ccc(SCc2ccc(Cl)cc2)cc1Br.OCC1=Cc2c(Br)cc(SCc3ccc(Cl)cc3)cc2C1.SCc1ccc(Cl)cc1.